The molecule has 3 aromatic rings. The number of hydrogen-bond donors (Lipinski definition) is 0. The predicted octanol–water partition coefficient (Wildman–Crippen LogP) is 5.26. The molecule has 0 unspecified atom stereocenters. The van der Waals surface area contributed by atoms with E-state index in [4.69, 9.17) is 4.74 Å². The molecule has 0 saturated carbocycles. The molecular weight excluding hydrogens is 352 g/mol. The number of methoxy groups -OCH3 is 1. The second-order valence-corrected chi connectivity index (χ2v) is 6.04. The van der Waals surface area contributed by atoms with E-state index in [1.165, 1.54) is 0 Å². The van der Waals surface area contributed by atoms with Gasteiger partial charge in [-0.05, 0) is 58.8 Å². The quantitative estimate of drug-likeness (QED) is 0.628. The highest BCUT2D eigenvalue weighted by atomic mass is 79.9. The van der Waals surface area contributed by atoms with Crippen LogP contribution in [-0.4, -0.2) is 16.9 Å². The molecule has 2 aromatic carbocycles. The molecule has 0 atom stereocenters. The van der Waals surface area contributed by atoms with Crippen LogP contribution in [0.15, 0.2) is 59.1 Å². The highest BCUT2D eigenvalue weighted by molar-refractivity contribution is 9.10. The first-order chi connectivity index (χ1) is 11.2. The van der Waals surface area contributed by atoms with Crippen LogP contribution in [-0.2, 0) is 0 Å². The summed E-state index contributed by atoms with van der Waals surface area (Å²) < 4.78 is 8.14. The molecular formula is C19H17BrN2O. The molecule has 4 heteroatoms. The Balaban J connectivity index is 2.00. The number of ether oxygens (including phenoxy) is 1. The standard InChI is InChI=1S/C19H17BrN2O/c1-14-12-19(17-9-8-16(23-2)13-18(17)20)22(21-14)11-10-15-6-4-3-5-7-15/h3-13H,1-2H3/b11-10-. The zero-order valence-electron chi connectivity index (χ0n) is 13.0. The van der Waals surface area contributed by atoms with Gasteiger partial charge < -0.3 is 4.74 Å². The lowest BCUT2D eigenvalue weighted by Crippen LogP contribution is -1.94. The molecule has 0 radical (unpaired) electrons. The van der Waals surface area contributed by atoms with Gasteiger partial charge in [0.15, 0.2) is 0 Å². The second kappa shape index (κ2) is 6.84. The van der Waals surface area contributed by atoms with Crippen molar-refractivity contribution in [3.8, 4) is 17.0 Å². The first-order valence-electron chi connectivity index (χ1n) is 7.30. The number of nitrogens with zero attached hydrogens (tertiary/aromatic N) is 2. The lowest BCUT2D eigenvalue weighted by atomic mass is 10.1. The topological polar surface area (TPSA) is 27.1 Å². The van der Waals surface area contributed by atoms with Gasteiger partial charge in [-0.1, -0.05) is 30.3 Å². The third kappa shape index (κ3) is 3.54. The summed E-state index contributed by atoms with van der Waals surface area (Å²) in [5.41, 5.74) is 4.22. The Morgan fingerprint density at radius 2 is 1.87 bits per heavy atom. The van der Waals surface area contributed by atoms with Gasteiger partial charge in [0.25, 0.3) is 0 Å². The fourth-order valence-electron chi connectivity index (χ4n) is 2.38. The van der Waals surface area contributed by atoms with Crippen molar-refractivity contribution >= 4 is 28.2 Å². The van der Waals surface area contributed by atoms with Crippen LogP contribution < -0.4 is 4.74 Å². The maximum Gasteiger partial charge on any atom is 0.120 e. The van der Waals surface area contributed by atoms with Crippen molar-refractivity contribution < 1.29 is 4.74 Å². The van der Waals surface area contributed by atoms with E-state index < -0.39 is 0 Å². The minimum atomic E-state index is 0.822. The number of aryl methyl sites for hydroxylation is 1. The van der Waals surface area contributed by atoms with Gasteiger partial charge in [-0.15, -0.1) is 0 Å². The van der Waals surface area contributed by atoms with Crippen molar-refractivity contribution in [1.29, 1.82) is 0 Å². The van der Waals surface area contributed by atoms with Crippen LogP contribution >= 0.6 is 15.9 Å². The number of halogens is 1. The smallest absolute Gasteiger partial charge is 0.120 e. The Morgan fingerprint density at radius 1 is 1.09 bits per heavy atom. The molecule has 0 saturated heterocycles. The molecule has 1 aromatic heterocycles. The lowest BCUT2D eigenvalue weighted by Gasteiger charge is -2.07. The Hall–Kier alpha value is -2.33. The van der Waals surface area contributed by atoms with E-state index in [2.05, 4.69) is 39.2 Å². The SMILES string of the molecule is COc1ccc(-c2cc(C)nn2/C=C\c2ccccc2)c(Br)c1. The van der Waals surface area contributed by atoms with Crippen molar-refractivity contribution in [3.05, 3.63) is 70.3 Å². The average Bonchev–Trinajstić information content (AvgIpc) is 2.94. The molecule has 0 bridgehead atoms. The number of aromatic nitrogens is 2. The molecule has 0 aliphatic rings. The minimum Gasteiger partial charge on any atom is -0.497 e. The first-order valence-corrected chi connectivity index (χ1v) is 8.10. The molecule has 0 amide bonds. The summed E-state index contributed by atoms with van der Waals surface area (Å²) in [5.74, 6) is 0.822. The van der Waals surface area contributed by atoms with Crippen LogP contribution in [0.5, 0.6) is 5.75 Å². The predicted molar refractivity (Wildman–Crippen MR) is 98.3 cm³/mol. The van der Waals surface area contributed by atoms with Crippen molar-refractivity contribution in [2.24, 2.45) is 0 Å². The molecule has 23 heavy (non-hydrogen) atoms. The first kappa shape index (κ1) is 15.6. The van der Waals surface area contributed by atoms with Gasteiger partial charge in [-0.2, -0.15) is 5.10 Å². The van der Waals surface area contributed by atoms with E-state index in [9.17, 15) is 0 Å². The van der Waals surface area contributed by atoms with Gasteiger partial charge in [0.05, 0.1) is 18.5 Å². The van der Waals surface area contributed by atoms with Crippen LogP contribution in [0.25, 0.3) is 23.5 Å². The molecule has 0 aliphatic carbocycles. The second-order valence-electron chi connectivity index (χ2n) is 5.19. The van der Waals surface area contributed by atoms with Gasteiger partial charge in [0.1, 0.15) is 5.75 Å². The number of hydrogen-bond acceptors (Lipinski definition) is 2. The Bertz CT molecular complexity index is 838. The highest BCUT2D eigenvalue weighted by Crippen LogP contribution is 2.32. The summed E-state index contributed by atoms with van der Waals surface area (Å²) >= 11 is 3.62. The summed E-state index contributed by atoms with van der Waals surface area (Å²) in [6, 6.07) is 18.2. The normalized spacial score (nSPS) is 11.1. The molecule has 116 valence electrons. The molecule has 0 N–H and O–H groups in total. The maximum atomic E-state index is 5.26. The van der Waals surface area contributed by atoms with Gasteiger partial charge in [0, 0.05) is 16.2 Å². The van der Waals surface area contributed by atoms with Crippen molar-refractivity contribution in [2.75, 3.05) is 7.11 Å². The van der Waals surface area contributed by atoms with Crippen LogP contribution in [0.4, 0.5) is 0 Å². The lowest BCUT2D eigenvalue weighted by molar-refractivity contribution is 0.414. The number of benzene rings is 2. The van der Waals surface area contributed by atoms with Crippen LogP contribution in [0, 0.1) is 6.92 Å². The third-order valence-corrected chi connectivity index (χ3v) is 4.17. The van der Waals surface area contributed by atoms with E-state index >= 15 is 0 Å². The van der Waals surface area contributed by atoms with Gasteiger partial charge in [-0.25, -0.2) is 4.68 Å². The molecule has 0 aliphatic heterocycles. The zero-order valence-corrected chi connectivity index (χ0v) is 14.6. The van der Waals surface area contributed by atoms with Crippen LogP contribution in [0.1, 0.15) is 11.3 Å². The van der Waals surface area contributed by atoms with Gasteiger partial charge in [-0.3, -0.25) is 0 Å². The highest BCUT2D eigenvalue weighted by Gasteiger charge is 2.10. The fourth-order valence-corrected chi connectivity index (χ4v) is 2.94. The monoisotopic (exact) mass is 368 g/mol. The largest absolute Gasteiger partial charge is 0.497 e. The Morgan fingerprint density at radius 3 is 2.57 bits per heavy atom. The summed E-state index contributed by atoms with van der Waals surface area (Å²) in [6.07, 6.45) is 4.03. The van der Waals surface area contributed by atoms with Crippen LogP contribution in [0.2, 0.25) is 0 Å². The molecule has 0 spiro atoms. The van der Waals surface area contributed by atoms with E-state index in [0.717, 1.165) is 32.7 Å². The minimum absolute atomic E-state index is 0.822. The Kier molecular flexibility index (Phi) is 4.63. The molecule has 1 heterocycles. The van der Waals surface area contributed by atoms with Gasteiger partial charge in [0.2, 0.25) is 0 Å². The van der Waals surface area contributed by atoms with E-state index in [-0.39, 0.29) is 0 Å². The summed E-state index contributed by atoms with van der Waals surface area (Å²) in [6.45, 7) is 1.99. The van der Waals surface area contributed by atoms with E-state index in [0.29, 0.717) is 0 Å². The number of rotatable bonds is 4. The molecule has 3 nitrogen and oxygen atoms in total. The zero-order chi connectivity index (χ0) is 16.2. The Labute approximate surface area is 144 Å². The van der Waals surface area contributed by atoms with E-state index in [1.54, 1.807) is 7.11 Å². The van der Waals surface area contributed by atoms with Crippen molar-refractivity contribution in [2.45, 2.75) is 6.92 Å². The summed E-state index contributed by atoms with van der Waals surface area (Å²) in [7, 11) is 1.67. The third-order valence-electron chi connectivity index (χ3n) is 3.52. The van der Waals surface area contributed by atoms with Crippen molar-refractivity contribution in [3.63, 3.8) is 0 Å². The fraction of sp³-hybridized carbons (Fsp3) is 0.105. The average molecular weight is 369 g/mol. The van der Waals surface area contributed by atoms with Crippen LogP contribution in [0.3, 0.4) is 0 Å². The van der Waals surface area contributed by atoms with Gasteiger partial charge >= 0.3 is 0 Å². The van der Waals surface area contributed by atoms with Crippen molar-refractivity contribution in [1.82, 2.24) is 9.78 Å². The summed E-state index contributed by atoms with van der Waals surface area (Å²) in [4.78, 5) is 0. The maximum absolute atomic E-state index is 5.26. The summed E-state index contributed by atoms with van der Waals surface area (Å²) in [5, 5.41) is 4.56. The molecule has 3 rings (SSSR count). The van der Waals surface area contributed by atoms with E-state index in [1.807, 2.05) is 60.3 Å². The molecule has 0 fully saturated rings.